The van der Waals surface area contributed by atoms with Crippen molar-refractivity contribution in [3.05, 3.63) is 0 Å². The Balaban J connectivity index is 4.28. The quantitative estimate of drug-likeness (QED) is 0.726. The van der Waals surface area contributed by atoms with Gasteiger partial charge in [-0.25, -0.2) is 4.79 Å². The van der Waals surface area contributed by atoms with Gasteiger partial charge in [0.1, 0.15) is 0 Å². The van der Waals surface area contributed by atoms with Gasteiger partial charge < -0.3 is 14.7 Å². The van der Waals surface area contributed by atoms with Crippen LogP contribution in [0.4, 0.5) is 4.79 Å². The predicted molar refractivity (Wildman–Crippen MR) is 50.6 cm³/mol. The molecule has 4 nitrogen and oxygen atoms in total. The molecule has 0 aromatic rings. The number of hydrogen-bond acceptors (Lipinski definition) is 3. The number of rotatable bonds is 3. The number of nitrogens with zero attached hydrogens (tertiary/aromatic N) is 1. The molecular weight excluding hydrogens is 170 g/mol. The SMILES string of the molecule is COC(=O)N(CCCO)C(C)(C)C. The summed E-state index contributed by atoms with van der Waals surface area (Å²) < 4.78 is 4.64. The predicted octanol–water partition coefficient (Wildman–Crippen LogP) is 1.24. The van der Waals surface area contributed by atoms with Gasteiger partial charge in [-0.2, -0.15) is 0 Å². The van der Waals surface area contributed by atoms with Crippen LogP contribution in [-0.4, -0.2) is 41.9 Å². The molecule has 0 spiro atoms. The average Bonchev–Trinajstić information content (AvgIpc) is 2.02. The zero-order valence-corrected chi connectivity index (χ0v) is 8.83. The maximum absolute atomic E-state index is 11.3. The third kappa shape index (κ3) is 4.12. The summed E-state index contributed by atoms with van der Waals surface area (Å²) in [4.78, 5) is 12.9. The molecule has 0 aliphatic heterocycles. The molecule has 0 aliphatic carbocycles. The fourth-order valence-electron chi connectivity index (χ4n) is 1.04. The Hall–Kier alpha value is -0.770. The summed E-state index contributed by atoms with van der Waals surface area (Å²) in [7, 11) is 1.36. The zero-order valence-electron chi connectivity index (χ0n) is 8.83. The third-order valence-electron chi connectivity index (χ3n) is 1.74. The second kappa shape index (κ2) is 5.07. The molecule has 4 heteroatoms. The van der Waals surface area contributed by atoms with Crippen LogP contribution in [0.25, 0.3) is 0 Å². The Morgan fingerprint density at radius 2 is 2.00 bits per heavy atom. The molecule has 0 aromatic carbocycles. The molecule has 1 amide bonds. The van der Waals surface area contributed by atoms with Crippen molar-refractivity contribution < 1.29 is 14.6 Å². The fraction of sp³-hybridized carbons (Fsp3) is 0.889. The fourth-order valence-corrected chi connectivity index (χ4v) is 1.04. The molecule has 0 fully saturated rings. The van der Waals surface area contributed by atoms with Gasteiger partial charge in [-0.3, -0.25) is 0 Å². The summed E-state index contributed by atoms with van der Waals surface area (Å²) in [5.74, 6) is 0. The minimum Gasteiger partial charge on any atom is -0.453 e. The summed E-state index contributed by atoms with van der Waals surface area (Å²) in [5.41, 5.74) is -0.262. The van der Waals surface area contributed by atoms with E-state index < -0.39 is 0 Å². The summed E-state index contributed by atoms with van der Waals surface area (Å²) in [5, 5.41) is 8.66. The lowest BCUT2D eigenvalue weighted by Gasteiger charge is -2.34. The molecule has 0 saturated carbocycles. The number of carbonyl (C=O) groups is 1. The highest BCUT2D eigenvalue weighted by molar-refractivity contribution is 5.68. The van der Waals surface area contributed by atoms with Gasteiger partial charge in [0, 0.05) is 18.7 Å². The molecule has 0 saturated heterocycles. The maximum Gasteiger partial charge on any atom is 0.409 e. The minimum atomic E-state index is -0.346. The number of amides is 1. The van der Waals surface area contributed by atoms with Gasteiger partial charge >= 0.3 is 6.09 Å². The number of ether oxygens (including phenoxy) is 1. The molecule has 0 aliphatic rings. The number of hydrogen-bond donors (Lipinski definition) is 1. The van der Waals surface area contributed by atoms with Crippen molar-refractivity contribution in [1.82, 2.24) is 4.90 Å². The van der Waals surface area contributed by atoms with Gasteiger partial charge in [-0.1, -0.05) is 0 Å². The number of carbonyl (C=O) groups excluding carboxylic acids is 1. The first-order valence-corrected chi connectivity index (χ1v) is 4.40. The summed E-state index contributed by atoms with van der Waals surface area (Å²) in [6, 6.07) is 0. The van der Waals surface area contributed by atoms with Crippen LogP contribution in [0.1, 0.15) is 27.2 Å². The van der Waals surface area contributed by atoms with E-state index in [4.69, 9.17) is 5.11 Å². The van der Waals surface area contributed by atoms with Gasteiger partial charge in [0.2, 0.25) is 0 Å². The second-order valence-electron chi connectivity index (χ2n) is 3.87. The van der Waals surface area contributed by atoms with Crippen molar-refractivity contribution in [3.8, 4) is 0 Å². The van der Waals surface area contributed by atoms with E-state index in [1.54, 1.807) is 4.90 Å². The molecular formula is C9H19NO3. The Morgan fingerprint density at radius 3 is 2.31 bits per heavy atom. The van der Waals surface area contributed by atoms with Crippen LogP contribution < -0.4 is 0 Å². The lowest BCUT2D eigenvalue weighted by atomic mass is 10.1. The van der Waals surface area contributed by atoms with Crippen LogP contribution in [0, 0.1) is 0 Å². The number of aliphatic hydroxyl groups is 1. The molecule has 13 heavy (non-hydrogen) atoms. The topological polar surface area (TPSA) is 49.8 Å². The second-order valence-corrected chi connectivity index (χ2v) is 3.87. The highest BCUT2D eigenvalue weighted by Gasteiger charge is 2.26. The van der Waals surface area contributed by atoms with E-state index in [1.165, 1.54) is 7.11 Å². The maximum atomic E-state index is 11.3. The van der Waals surface area contributed by atoms with E-state index in [2.05, 4.69) is 4.74 Å². The summed E-state index contributed by atoms with van der Waals surface area (Å²) in [6.45, 7) is 6.40. The van der Waals surface area contributed by atoms with Crippen LogP contribution >= 0.6 is 0 Å². The Morgan fingerprint density at radius 1 is 1.46 bits per heavy atom. The monoisotopic (exact) mass is 189 g/mol. The standard InChI is InChI=1S/C9H19NO3/c1-9(2,3)10(6-5-7-11)8(12)13-4/h11H,5-7H2,1-4H3. The lowest BCUT2D eigenvalue weighted by Crippen LogP contribution is -2.46. The zero-order chi connectivity index (χ0) is 10.5. The first-order valence-electron chi connectivity index (χ1n) is 4.40. The molecule has 0 atom stereocenters. The van der Waals surface area contributed by atoms with Gasteiger partial charge in [0.15, 0.2) is 0 Å². The van der Waals surface area contributed by atoms with Crippen molar-refractivity contribution >= 4 is 6.09 Å². The average molecular weight is 189 g/mol. The highest BCUT2D eigenvalue weighted by atomic mass is 16.5. The van der Waals surface area contributed by atoms with Crippen LogP contribution in [-0.2, 0) is 4.74 Å². The van der Waals surface area contributed by atoms with Crippen LogP contribution in [0.2, 0.25) is 0 Å². The normalized spacial score (nSPS) is 11.2. The summed E-state index contributed by atoms with van der Waals surface area (Å²) in [6.07, 6.45) is 0.229. The van der Waals surface area contributed by atoms with Gasteiger partial charge in [0.05, 0.1) is 7.11 Å². The largest absolute Gasteiger partial charge is 0.453 e. The van der Waals surface area contributed by atoms with E-state index in [0.717, 1.165) is 0 Å². The van der Waals surface area contributed by atoms with Crippen molar-refractivity contribution in [3.63, 3.8) is 0 Å². The van der Waals surface area contributed by atoms with Gasteiger partial charge in [-0.05, 0) is 27.2 Å². The highest BCUT2D eigenvalue weighted by Crippen LogP contribution is 2.14. The molecule has 0 aromatic heterocycles. The van der Waals surface area contributed by atoms with Crippen molar-refractivity contribution in [2.45, 2.75) is 32.7 Å². The minimum absolute atomic E-state index is 0.0869. The van der Waals surface area contributed by atoms with Crippen LogP contribution in [0.5, 0.6) is 0 Å². The molecule has 0 heterocycles. The summed E-state index contributed by atoms with van der Waals surface area (Å²) >= 11 is 0. The molecule has 0 rings (SSSR count). The molecule has 0 unspecified atom stereocenters. The number of aliphatic hydroxyl groups excluding tert-OH is 1. The van der Waals surface area contributed by atoms with E-state index in [0.29, 0.717) is 13.0 Å². The molecule has 78 valence electrons. The molecule has 0 radical (unpaired) electrons. The first-order chi connectivity index (χ1) is 5.93. The van der Waals surface area contributed by atoms with E-state index >= 15 is 0 Å². The van der Waals surface area contributed by atoms with E-state index in [-0.39, 0.29) is 18.2 Å². The molecule has 0 bridgehead atoms. The Labute approximate surface area is 79.5 Å². The van der Waals surface area contributed by atoms with Crippen LogP contribution in [0.15, 0.2) is 0 Å². The first kappa shape index (κ1) is 12.2. The Bertz CT molecular complexity index is 163. The van der Waals surface area contributed by atoms with Crippen LogP contribution in [0.3, 0.4) is 0 Å². The van der Waals surface area contributed by atoms with Crippen molar-refractivity contribution in [1.29, 1.82) is 0 Å². The van der Waals surface area contributed by atoms with Gasteiger partial charge in [0.25, 0.3) is 0 Å². The molecule has 1 N–H and O–H groups in total. The third-order valence-corrected chi connectivity index (χ3v) is 1.74. The lowest BCUT2D eigenvalue weighted by molar-refractivity contribution is 0.0796. The van der Waals surface area contributed by atoms with Gasteiger partial charge in [-0.15, -0.1) is 0 Å². The number of methoxy groups -OCH3 is 1. The van der Waals surface area contributed by atoms with E-state index in [9.17, 15) is 4.79 Å². The van der Waals surface area contributed by atoms with Crippen molar-refractivity contribution in [2.24, 2.45) is 0 Å². The van der Waals surface area contributed by atoms with E-state index in [1.807, 2.05) is 20.8 Å². The van der Waals surface area contributed by atoms with Crippen molar-refractivity contribution in [2.75, 3.05) is 20.3 Å². The smallest absolute Gasteiger partial charge is 0.409 e. The Kier molecular flexibility index (Phi) is 4.77.